The standard InChI is InChI=1S/C20H21F3N6/c1-10(12-5-13(20(21,22)23)7-14(24)6-12)27-18-15-8-16(11-3-4-11)26-9-17(15)28-19(25-2)29-18/h5-11H,3-4,24H2,1-2H3,(H2,25,27,28,29)/t10-/m1/s1. The van der Waals surface area contributed by atoms with Crippen molar-refractivity contribution in [3.8, 4) is 0 Å². The van der Waals surface area contributed by atoms with Gasteiger partial charge in [-0.3, -0.25) is 4.98 Å². The van der Waals surface area contributed by atoms with Crippen LogP contribution in [0.15, 0.2) is 30.5 Å². The van der Waals surface area contributed by atoms with Crippen molar-refractivity contribution in [1.29, 1.82) is 0 Å². The number of pyridine rings is 1. The normalized spacial score (nSPS) is 15.3. The smallest absolute Gasteiger partial charge is 0.399 e. The first-order valence-electron chi connectivity index (χ1n) is 9.34. The first-order chi connectivity index (χ1) is 13.7. The number of benzene rings is 1. The van der Waals surface area contributed by atoms with Crippen LogP contribution in [0.1, 0.15) is 48.5 Å². The molecule has 29 heavy (non-hydrogen) atoms. The average Bonchev–Trinajstić information content (AvgIpc) is 3.51. The Hall–Kier alpha value is -3.10. The maximum Gasteiger partial charge on any atom is 0.416 e. The molecule has 1 saturated carbocycles. The van der Waals surface area contributed by atoms with E-state index < -0.39 is 17.8 Å². The van der Waals surface area contributed by atoms with Crippen LogP contribution in [-0.2, 0) is 6.18 Å². The Morgan fingerprint density at radius 2 is 1.90 bits per heavy atom. The third-order valence-electron chi connectivity index (χ3n) is 4.98. The molecule has 0 saturated heterocycles. The Labute approximate surface area is 165 Å². The van der Waals surface area contributed by atoms with Gasteiger partial charge in [0, 0.05) is 29.7 Å². The number of nitrogens with one attached hydrogen (secondary N) is 2. The molecule has 1 aromatic carbocycles. The van der Waals surface area contributed by atoms with Crippen LogP contribution in [0.3, 0.4) is 0 Å². The second-order valence-electron chi connectivity index (χ2n) is 7.30. The van der Waals surface area contributed by atoms with Gasteiger partial charge in [-0.2, -0.15) is 18.2 Å². The SMILES string of the molecule is CNc1nc(N[C@H](C)c2cc(N)cc(C(F)(F)F)c2)c2cc(C3CC3)ncc2n1. The summed E-state index contributed by atoms with van der Waals surface area (Å²) in [7, 11) is 1.70. The predicted molar refractivity (Wildman–Crippen MR) is 107 cm³/mol. The lowest BCUT2D eigenvalue weighted by Crippen LogP contribution is -2.13. The molecule has 0 spiro atoms. The highest BCUT2D eigenvalue weighted by molar-refractivity contribution is 5.90. The van der Waals surface area contributed by atoms with Gasteiger partial charge < -0.3 is 16.4 Å². The zero-order valence-corrected chi connectivity index (χ0v) is 16.0. The van der Waals surface area contributed by atoms with E-state index in [9.17, 15) is 13.2 Å². The minimum atomic E-state index is -4.46. The van der Waals surface area contributed by atoms with E-state index in [0.717, 1.165) is 36.1 Å². The van der Waals surface area contributed by atoms with Crippen LogP contribution in [0.2, 0.25) is 0 Å². The van der Waals surface area contributed by atoms with E-state index in [1.165, 1.54) is 6.07 Å². The molecule has 6 nitrogen and oxygen atoms in total. The fourth-order valence-corrected chi connectivity index (χ4v) is 3.25. The molecule has 0 bridgehead atoms. The van der Waals surface area contributed by atoms with Gasteiger partial charge in [-0.1, -0.05) is 0 Å². The van der Waals surface area contributed by atoms with E-state index in [4.69, 9.17) is 5.73 Å². The van der Waals surface area contributed by atoms with Crippen LogP contribution in [0, 0.1) is 0 Å². The number of aromatic nitrogens is 3. The van der Waals surface area contributed by atoms with Gasteiger partial charge in [0.15, 0.2) is 0 Å². The number of alkyl halides is 3. The van der Waals surface area contributed by atoms with Crippen molar-refractivity contribution in [2.45, 2.75) is 37.9 Å². The van der Waals surface area contributed by atoms with E-state index in [1.807, 2.05) is 6.07 Å². The van der Waals surface area contributed by atoms with Crippen molar-refractivity contribution in [3.63, 3.8) is 0 Å². The number of nitrogens with zero attached hydrogens (tertiary/aromatic N) is 3. The van der Waals surface area contributed by atoms with Gasteiger partial charge >= 0.3 is 6.18 Å². The number of hydrogen-bond acceptors (Lipinski definition) is 6. The van der Waals surface area contributed by atoms with E-state index in [-0.39, 0.29) is 5.69 Å². The first-order valence-corrected chi connectivity index (χ1v) is 9.34. The number of fused-ring (bicyclic) bond motifs is 1. The molecule has 0 aliphatic heterocycles. The third kappa shape index (κ3) is 4.03. The van der Waals surface area contributed by atoms with Crippen molar-refractivity contribution in [2.75, 3.05) is 23.4 Å². The molecule has 3 aromatic rings. The lowest BCUT2D eigenvalue weighted by molar-refractivity contribution is -0.137. The molecule has 2 heterocycles. The fourth-order valence-electron chi connectivity index (χ4n) is 3.25. The Morgan fingerprint density at radius 3 is 2.55 bits per heavy atom. The summed E-state index contributed by atoms with van der Waals surface area (Å²) >= 11 is 0. The van der Waals surface area contributed by atoms with E-state index in [1.54, 1.807) is 20.2 Å². The number of nitrogen functional groups attached to an aromatic ring is 1. The molecule has 0 radical (unpaired) electrons. The topological polar surface area (TPSA) is 88.8 Å². The molecule has 0 unspecified atom stereocenters. The molecule has 9 heteroatoms. The zero-order chi connectivity index (χ0) is 20.8. The summed E-state index contributed by atoms with van der Waals surface area (Å²) in [6.07, 6.45) is -0.535. The Bertz CT molecular complexity index is 1060. The first kappa shape index (κ1) is 19.2. The summed E-state index contributed by atoms with van der Waals surface area (Å²) in [6.45, 7) is 1.77. The Kier molecular flexibility index (Phi) is 4.68. The van der Waals surface area contributed by atoms with Gasteiger partial charge in [-0.15, -0.1) is 0 Å². The molecule has 0 amide bonds. The number of hydrogen-bond donors (Lipinski definition) is 3. The highest BCUT2D eigenvalue weighted by Gasteiger charge is 2.31. The summed E-state index contributed by atoms with van der Waals surface area (Å²) in [6, 6.07) is 5.07. The molecule has 1 aliphatic rings. The summed E-state index contributed by atoms with van der Waals surface area (Å²) in [5.41, 5.74) is 7.07. The average molecular weight is 402 g/mol. The maximum atomic E-state index is 13.2. The highest BCUT2D eigenvalue weighted by atomic mass is 19.4. The monoisotopic (exact) mass is 402 g/mol. The number of nitrogens with two attached hydrogens (primary N) is 1. The van der Waals surface area contributed by atoms with Crippen LogP contribution in [-0.4, -0.2) is 22.0 Å². The van der Waals surface area contributed by atoms with Gasteiger partial charge in [0.25, 0.3) is 0 Å². The lowest BCUT2D eigenvalue weighted by Gasteiger charge is -2.19. The molecule has 1 atom stereocenters. The number of halogens is 3. The van der Waals surface area contributed by atoms with Crippen molar-refractivity contribution in [2.24, 2.45) is 0 Å². The number of anilines is 3. The van der Waals surface area contributed by atoms with Gasteiger partial charge in [0.1, 0.15) is 5.82 Å². The third-order valence-corrected chi connectivity index (χ3v) is 4.98. The summed E-state index contributed by atoms with van der Waals surface area (Å²) in [4.78, 5) is 13.4. The fraction of sp³-hybridized carbons (Fsp3) is 0.350. The molecule has 152 valence electrons. The molecule has 1 fully saturated rings. The Morgan fingerprint density at radius 1 is 1.14 bits per heavy atom. The molecular weight excluding hydrogens is 381 g/mol. The van der Waals surface area contributed by atoms with Gasteiger partial charge in [0.05, 0.1) is 23.3 Å². The summed E-state index contributed by atoms with van der Waals surface area (Å²) < 4.78 is 39.5. The minimum absolute atomic E-state index is 0.0622. The minimum Gasteiger partial charge on any atom is -0.399 e. The molecule has 1 aliphatic carbocycles. The lowest BCUT2D eigenvalue weighted by atomic mass is 10.0. The highest BCUT2D eigenvalue weighted by Crippen LogP contribution is 2.40. The zero-order valence-electron chi connectivity index (χ0n) is 16.0. The van der Waals surface area contributed by atoms with Gasteiger partial charge in [-0.25, -0.2) is 4.98 Å². The maximum absolute atomic E-state index is 13.2. The van der Waals surface area contributed by atoms with Crippen LogP contribution in [0.25, 0.3) is 10.9 Å². The van der Waals surface area contributed by atoms with Crippen LogP contribution < -0.4 is 16.4 Å². The van der Waals surface area contributed by atoms with Crippen LogP contribution in [0.4, 0.5) is 30.6 Å². The van der Waals surface area contributed by atoms with Crippen LogP contribution in [0.5, 0.6) is 0 Å². The molecule has 4 rings (SSSR count). The second kappa shape index (κ2) is 7.06. The summed E-state index contributed by atoms with van der Waals surface area (Å²) in [5.74, 6) is 1.39. The van der Waals surface area contributed by atoms with Gasteiger partial charge in [-0.05, 0) is 49.6 Å². The molecular formula is C20H21F3N6. The second-order valence-corrected chi connectivity index (χ2v) is 7.30. The van der Waals surface area contributed by atoms with Crippen molar-refractivity contribution in [3.05, 3.63) is 47.3 Å². The predicted octanol–water partition coefficient (Wildman–Crippen LogP) is 4.72. The quantitative estimate of drug-likeness (QED) is 0.535. The van der Waals surface area contributed by atoms with Crippen molar-refractivity contribution >= 4 is 28.4 Å². The van der Waals surface area contributed by atoms with Crippen molar-refractivity contribution < 1.29 is 13.2 Å². The van der Waals surface area contributed by atoms with Crippen LogP contribution >= 0.6 is 0 Å². The van der Waals surface area contributed by atoms with E-state index in [0.29, 0.717) is 28.8 Å². The van der Waals surface area contributed by atoms with E-state index in [2.05, 4.69) is 25.6 Å². The molecule has 4 N–H and O–H groups in total. The largest absolute Gasteiger partial charge is 0.416 e. The summed E-state index contributed by atoms with van der Waals surface area (Å²) in [5, 5.41) is 6.91. The van der Waals surface area contributed by atoms with Crippen molar-refractivity contribution in [1.82, 2.24) is 15.0 Å². The molecule has 2 aromatic heterocycles. The van der Waals surface area contributed by atoms with Gasteiger partial charge in [0.2, 0.25) is 5.95 Å². The number of rotatable bonds is 5. The van der Waals surface area contributed by atoms with E-state index >= 15 is 0 Å². The Balaban J connectivity index is 1.73.